The van der Waals surface area contributed by atoms with Crippen molar-refractivity contribution in [1.82, 2.24) is 4.57 Å². The van der Waals surface area contributed by atoms with Crippen LogP contribution in [0.25, 0.3) is 49.4 Å². The zero-order chi connectivity index (χ0) is 34.0. The zero-order valence-electron chi connectivity index (χ0n) is 29.3. The monoisotopic (exact) mass is 646 g/mol. The molecule has 0 saturated heterocycles. The molecule has 7 aromatic carbocycles. The van der Waals surface area contributed by atoms with Crippen LogP contribution in [-0.2, 0) is 10.8 Å². The maximum Gasteiger partial charge on any atom is 0.0541 e. The van der Waals surface area contributed by atoms with Crippen molar-refractivity contribution < 1.29 is 0 Å². The molecular weight excluding hydrogens is 605 g/mol. The van der Waals surface area contributed by atoms with Crippen LogP contribution in [0.3, 0.4) is 0 Å². The molecule has 244 valence electrons. The summed E-state index contributed by atoms with van der Waals surface area (Å²) in [5, 5.41) is 5.04. The van der Waals surface area contributed by atoms with Gasteiger partial charge >= 0.3 is 0 Å². The molecule has 1 aliphatic carbocycles. The fraction of sp³-hybridized carbons (Fsp3) is 0.167. The van der Waals surface area contributed by atoms with Gasteiger partial charge < -0.3 is 9.47 Å². The molecule has 0 aliphatic heterocycles. The summed E-state index contributed by atoms with van der Waals surface area (Å²) in [4.78, 5) is 2.34. The third kappa shape index (κ3) is 5.01. The van der Waals surface area contributed by atoms with Crippen LogP contribution in [0, 0.1) is 0 Å². The van der Waals surface area contributed by atoms with Gasteiger partial charge in [0.15, 0.2) is 0 Å². The highest BCUT2D eigenvalue weighted by molar-refractivity contribution is 6.10. The Morgan fingerprint density at radius 1 is 0.440 bits per heavy atom. The van der Waals surface area contributed by atoms with E-state index in [1.165, 1.54) is 73.4 Å². The number of para-hydroxylation sites is 2. The van der Waals surface area contributed by atoms with Gasteiger partial charge in [-0.05, 0) is 123 Å². The average Bonchev–Trinajstić information content (AvgIpc) is 3.48. The molecule has 0 bridgehead atoms. The van der Waals surface area contributed by atoms with Crippen LogP contribution in [0.1, 0.15) is 51.7 Å². The van der Waals surface area contributed by atoms with Crippen LogP contribution in [0.4, 0.5) is 17.1 Å². The lowest BCUT2D eigenvalue weighted by atomic mass is 9.63. The molecule has 2 heteroatoms. The predicted molar refractivity (Wildman–Crippen MR) is 214 cm³/mol. The van der Waals surface area contributed by atoms with Crippen LogP contribution in [-0.4, -0.2) is 4.57 Å². The highest BCUT2D eigenvalue weighted by Gasteiger charge is 2.37. The second kappa shape index (κ2) is 11.5. The Morgan fingerprint density at radius 2 is 1.06 bits per heavy atom. The minimum atomic E-state index is 0.156. The van der Waals surface area contributed by atoms with E-state index in [0.717, 1.165) is 17.1 Å². The van der Waals surface area contributed by atoms with Gasteiger partial charge in [-0.2, -0.15) is 0 Å². The zero-order valence-corrected chi connectivity index (χ0v) is 29.3. The summed E-state index contributed by atoms with van der Waals surface area (Å²) >= 11 is 0. The van der Waals surface area contributed by atoms with Crippen molar-refractivity contribution in [1.29, 1.82) is 0 Å². The van der Waals surface area contributed by atoms with Gasteiger partial charge in [0.05, 0.1) is 11.0 Å². The van der Waals surface area contributed by atoms with Gasteiger partial charge in [-0.3, -0.25) is 0 Å². The quantitative estimate of drug-likeness (QED) is 0.181. The number of nitrogens with zero attached hydrogens (tertiary/aromatic N) is 2. The van der Waals surface area contributed by atoms with Crippen molar-refractivity contribution in [2.45, 2.75) is 51.4 Å². The lowest BCUT2D eigenvalue weighted by Crippen LogP contribution is -2.33. The third-order valence-electron chi connectivity index (χ3n) is 11.2. The first kappa shape index (κ1) is 30.5. The van der Waals surface area contributed by atoms with Crippen LogP contribution in [0.5, 0.6) is 0 Å². The van der Waals surface area contributed by atoms with Gasteiger partial charge in [0.25, 0.3) is 0 Å². The highest BCUT2D eigenvalue weighted by Crippen LogP contribution is 2.47. The van der Waals surface area contributed by atoms with Gasteiger partial charge in [0, 0.05) is 33.5 Å². The lowest BCUT2D eigenvalue weighted by molar-refractivity contribution is 0.332. The molecule has 0 radical (unpaired) electrons. The predicted octanol–water partition coefficient (Wildman–Crippen LogP) is 13.4. The van der Waals surface area contributed by atoms with E-state index in [1.807, 2.05) is 0 Å². The Kier molecular flexibility index (Phi) is 7.00. The molecule has 50 heavy (non-hydrogen) atoms. The van der Waals surface area contributed by atoms with Crippen LogP contribution in [0.15, 0.2) is 158 Å². The fourth-order valence-electron chi connectivity index (χ4n) is 8.29. The Hall–Kier alpha value is -5.60. The largest absolute Gasteiger partial charge is 0.310 e. The standard InChI is InChI=1S/C48H42N2/c1-47(2)28-29-48(3,4)44-32-40(25-26-43(44)47)50-45-17-11-10-16-41(45)42-31-36(21-27-46(42)50)34-18-22-38(23-19-34)49(37-14-6-5-7-15-37)39-24-20-33-12-8-9-13-35(33)30-39/h5-27,30-32H,28-29H2,1-4H3. The first-order valence-electron chi connectivity index (χ1n) is 17.9. The topological polar surface area (TPSA) is 8.17 Å². The van der Waals surface area contributed by atoms with E-state index in [9.17, 15) is 0 Å². The van der Waals surface area contributed by atoms with Crippen LogP contribution >= 0.6 is 0 Å². The first-order valence-corrected chi connectivity index (χ1v) is 17.9. The molecule has 2 nitrogen and oxygen atoms in total. The minimum Gasteiger partial charge on any atom is -0.310 e. The summed E-state index contributed by atoms with van der Waals surface area (Å²) in [6.45, 7) is 9.63. The number of aromatic nitrogens is 1. The number of fused-ring (bicyclic) bond motifs is 5. The maximum absolute atomic E-state index is 2.47. The van der Waals surface area contributed by atoms with Gasteiger partial charge in [-0.1, -0.05) is 119 Å². The van der Waals surface area contributed by atoms with Crippen molar-refractivity contribution >= 4 is 49.6 Å². The number of hydrogen-bond acceptors (Lipinski definition) is 1. The normalized spacial score (nSPS) is 15.0. The molecule has 0 fully saturated rings. The molecule has 9 rings (SSSR count). The van der Waals surface area contributed by atoms with E-state index in [4.69, 9.17) is 0 Å². The number of rotatable bonds is 5. The number of hydrogen-bond donors (Lipinski definition) is 0. The van der Waals surface area contributed by atoms with E-state index in [-0.39, 0.29) is 10.8 Å². The molecule has 1 heterocycles. The molecule has 0 spiro atoms. The van der Waals surface area contributed by atoms with Crippen molar-refractivity contribution in [3.8, 4) is 16.8 Å². The van der Waals surface area contributed by atoms with Gasteiger partial charge in [0.1, 0.15) is 0 Å². The molecule has 0 atom stereocenters. The van der Waals surface area contributed by atoms with Crippen LogP contribution < -0.4 is 4.90 Å². The van der Waals surface area contributed by atoms with E-state index < -0.39 is 0 Å². The van der Waals surface area contributed by atoms with Crippen molar-refractivity contribution in [3.63, 3.8) is 0 Å². The molecule has 1 aromatic heterocycles. The Bertz CT molecular complexity index is 2530. The van der Waals surface area contributed by atoms with Crippen molar-refractivity contribution in [2.75, 3.05) is 4.90 Å². The first-order chi connectivity index (χ1) is 24.3. The Morgan fingerprint density at radius 3 is 1.86 bits per heavy atom. The Balaban J connectivity index is 1.13. The van der Waals surface area contributed by atoms with Crippen LogP contribution in [0.2, 0.25) is 0 Å². The summed E-state index contributed by atoms with van der Waals surface area (Å²) in [5.41, 5.74) is 12.9. The second-order valence-electron chi connectivity index (χ2n) is 15.3. The molecular formula is C48H42N2. The Labute approximate surface area is 295 Å². The highest BCUT2D eigenvalue weighted by atomic mass is 15.1. The average molecular weight is 647 g/mol. The van der Waals surface area contributed by atoms with Gasteiger partial charge in [0.2, 0.25) is 0 Å². The summed E-state index contributed by atoms with van der Waals surface area (Å²) in [5.74, 6) is 0. The third-order valence-corrected chi connectivity index (χ3v) is 11.2. The number of anilines is 3. The molecule has 1 aliphatic rings. The maximum atomic E-state index is 2.47. The molecule has 8 aromatic rings. The van der Waals surface area contributed by atoms with Gasteiger partial charge in [-0.25, -0.2) is 0 Å². The molecule has 0 saturated carbocycles. The van der Waals surface area contributed by atoms with E-state index >= 15 is 0 Å². The second-order valence-corrected chi connectivity index (χ2v) is 15.3. The SMILES string of the molecule is CC1(C)CCC(C)(C)c2cc(-n3c4ccccc4c4cc(-c5ccc(N(c6ccccc6)c6ccc7ccccc7c6)cc5)ccc43)ccc21. The van der Waals surface area contributed by atoms with Gasteiger partial charge in [-0.15, -0.1) is 0 Å². The minimum absolute atomic E-state index is 0.156. The summed E-state index contributed by atoms with van der Waals surface area (Å²) in [7, 11) is 0. The van der Waals surface area contributed by atoms with E-state index in [2.05, 4.69) is 195 Å². The summed E-state index contributed by atoms with van der Waals surface area (Å²) in [6.07, 6.45) is 2.43. The molecule has 0 amide bonds. The lowest BCUT2D eigenvalue weighted by Gasteiger charge is -2.42. The summed E-state index contributed by atoms with van der Waals surface area (Å²) in [6, 6.07) is 58.0. The summed E-state index contributed by atoms with van der Waals surface area (Å²) < 4.78 is 2.47. The fourth-order valence-corrected chi connectivity index (χ4v) is 8.29. The van der Waals surface area contributed by atoms with E-state index in [0.29, 0.717) is 0 Å². The molecule has 0 N–H and O–H groups in total. The van der Waals surface area contributed by atoms with Crippen molar-refractivity contribution in [3.05, 3.63) is 169 Å². The number of benzene rings is 7. The smallest absolute Gasteiger partial charge is 0.0541 e. The van der Waals surface area contributed by atoms with E-state index in [1.54, 1.807) is 0 Å². The van der Waals surface area contributed by atoms with Crippen molar-refractivity contribution in [2.24, 2.45) is 0 Å². The molecule has 0 unspecified atom stereocenters.